The summed E-state index contributed by atoms with van der Waals surface area (Å²) in [6.07, 6.45) is 3.61. The second kappa shape index (κ2) is 6.78. The van der Waals surface area contributed by atoms with Crippen LogP contribution in [-0.4, -0.2) is 38.3 Å². The van der Waals surface area contributed by atoms with Crippen LogP contribution < -0.4 is 15.2 Å². The lowest BCUT2D eigenvalue weighted by molar-refractivity contribution is 0.176. The Labute approximate surface area is 115 Å². The summed E-state index contributed by atoms with van der Waals surface area (Å²) in [6.45, 7) is 2.76. The Bertz CT molecular complexity index is 409. The largest absolute Gasteiger partial charge is 0.493 e. The summed E-state index contributed by atoms with van der Waals surface area (Å²) in [6, 6.07) is 5.90. The minimum absolute atomic E-state index is 0.270. The molecule has 0 aromatic heterocycles. The summed E-state index contributed by atoms with van der Waals surface area (Å²) in [7, 11) is 3.84. The molecule has 0 spiro atoms. The highest BCUT2D eigenvalue weighted by atomic mass is 16.5. The van der Waals surface area contributed by atoms with Gasteiger partial charge in [-0.15, -0.1) is 0 Å². The fourth-order valence-corrected chi connectivity index (χ4v) is 2.45. The van der Waals surface area contributed by atoms with Crippen molar-refractivity contribution in [2.24, 2.45) is 5.73 Å². The summed E-state index contributed by atoms with van der Waals surface area (Å²) in [5.41, 5.74) is 6.75. The molecule has 1 aromatic carbocycles. The standard InChI is InChI=1S/C15H24N2O2/c1-17-8-3-4-13(7-9-17)19-15-10-12(11-16)5-6-14(15)18-2/h5-6,10,13H,3-4,7-9,11,16H2,1-2H3. The molecule has 4 heteroatoms. The molecule has 1 heterocycles. The molecule has 0 bridgehead atoms. The van der Waals surface area contributed by atoms with Gasteiger partial charge in [-0.25, -0.2) is 0 Å². The molecule has 2 rings (SSSR count). The Morgan fingerprint density at radius 1 is 1.26 bits per heavy atom. The minimum atomic E-state index is 0.270. The second-order valence-electron chi connectivity index (χ2n) is 5.16. The van der Waals surface area contributed by atoms with Gasteiger partial charge in [0.1, 0.15) is 6.10 Å². The quantitative estimate of drug-likeness (QED) is 0.904. The predicted molar refractivity (Wildman–Crippen MR) is 76.6 cm³/mol. The minimum Gasteiger partial charge on any atom is -0.493 e. The lowest BCUT2D eigenvalue weighted by Gasteiger charge is -2.19. The van der Waals surface area contributed by atoms with Gasteiger partial charge in [0.15, 0.2) is 11.5 Å². The average Bonchev–Trinajstić information content (AvgIpc) is 2.63. The zero-order chi connectivity index (χ0) is 13.7. The number of methoxy groups -OCH3 is 1. The fraction of sp³-hybridized carbons (Fsp3) is 0.600. The monoisotopic (exact) mass is 264 g/mol. The molecule has 1 saturated heterocycles. The SMILES string of the molecule is COc1ccc(CN)cc1OC1CCCN(C)CC1. The van der Waals surface area contributed by atoms with Crippen LogP contribution in [0.4, 0.5) is 0 Å². The van der Waals surface area contributed by atoms with Crippen molar-refractivity contribution in [2.75, 3.05) is 27.2 Å². The van der Waals surface area contributed by atoms with Crippen molar-refractivity contribution in [2.45, 2.75) is 31.9 Å². The summed E-state index contributed by atoms with van der Waals surface area (Å²) in [5, 5.41) is 0. The topological polar surface area (TPSA) is 47.7 Å². The van der Waals surface area contributed by atoms with Gasteiger partial charge in [-0.2, -0.15) is 0 Å². The van der Waals surface area contributed by atoms with E-state index in [0.29, 0.717) is 6.54 Å². The van der Waals surface area contributed by atoms with E-state index in [1.54, 1.807) is 7.11 Å². The van der Waals surface area contributed by atoms with Crippen molar-refractivity contribution in [1.82, 2.24) is 4.90 Å². The number of rotatable bonds is 4. The molecule has 1 aliphatic rings. The van der Waals surface area contributed by atoms with Crippen molar-refractivity contribution in [3.8, 4) is 11.5 Å². The second-order valence-corrected chi connectivity index (χ2v) is 5.16. The highest BCUT2D eigenvalue weighted by molar-refractivity contribution is 5.43. The number of benzene rings is 1. The van der Waals surface area contributed by atoms with E-state index in [2.05, 4.69) is 11.9 Å². The van der Waals surface area contributed by atoms with Gasteiger partial charge in [-0.1, -0.05) is 6.07 Å². The third-order valence-corrected chi connectivity index (χ3v) is 3.66. The molecule has 1 aromatic rings. The Morgan fingerprint density at radius 3 is 2.84 bits per heavy atom. The van der Waals surface area contributed by atoms with Gasteiger partial charge in [0, 0.05) is 13.1 Å². The molecule has 1 aliphatic heterocycles. The first-order chi connectivity index (χ1) is 9.22. The molecule has 0 aliphatic carbocycles. The van der Waals surface area contributed by atoms with E-state index in [1.807, 2.05) is 18.2 Å². The Hall–Kier alpha value is -1.26. The van der Waals surface area contributed by atoms with Crippen LogP contribution in [0, 0.1) is 0 Å². The van der Waals surface area contributed by atoms with E-state index < -0.39 is 0 Å². The van der Waals surface area contributed by atoms with Crippen LogP contribution in [0.25, 0.3) is 0 Å². The third-order valence-electron chi connectivity index (χ3n) is 3.66. The summed E-state index contributed by atoms with van der Waals surface area (Å²) in [4.78, 5) is 2.36. The van der Waals surface area contributed by atoms with E-state index in [1.165, 1.54) is 6.42 Å². The van der Waals surface area contributed by atoms with Crippen LogP contribution in [0.1, 0.15) is 24.8 Å². The molecular weight excluding hydrogens is 240 g/mol. The van der Waals surface area contributed by atoms with E-state index in [4.69, 9.17) is 15.2 Å². The van der Waals surface area contributed by atoms with Crippen molar-refractivity contribution in [3.63, 3.8) is 0 Å². The molecule has 1 unspecified atom stereocenters. The van der Waals surface area contributed by atoms with Gasteiger partial charge in [0.2, 0.25) is 0 Å². The number of nitrogens with two attached hydrogens (primary N) is 1. The predicted octanol–water partition coefficient (Wildman–Crippen LogP) is 2.02. The van der Waals surface area contributed by atoms with Gasteiger partial charge in [-0.05, 0) is 50.6 Å². The lowest BCUT2D eigenvalue weighted by atomic mass is 10.1. The number of ether oxygens (including phenoxy) is 2. The first kappa shape index (κ1) is 14.2. The molecule has 19 heavy (non-hydrogen) atoms. The molecule has 4 nitrogen and oxygen atoms in total. The highest BCUT2D eigenvalue weighted by Gasteiger charge is 2.18. The number of hydrogen-bond donors (Lipinski definition) is 1. The van der Waals surface area contributed by atoms with Crippen LogP contribution >= 0.6 is 0 Å². The molecule has 2 N–H and O–H groups in total. The van der Waals surface area contributed by atoms with E-state index in [0.717, 1.165) is 43.0 Å². The maximum Gasteiger partial charge on any atom is 0.161 e. The summed E-state index contributed by atoms with van der Waals surface area (Å²) >= 11 is 0. The van der Waals surface area contributed by atoms with Crippen LogP contribution in [0.3, 0.4) is 0 Å². The first-order valence-electron chi connectivity index (χ1n) is 6.95. The van der Waals surface area contributed by atoms with Crippen LogP contribution in [-0.2, 0) is 6.54 Å². The normalized spacial score (nSPS) is 20.9. The highest BCUT2D eigenvalue weighted by Crippen LogP contribution is 2.30. The number of hydrogen-bond acceptors (Lipinski definition) is 4. The maximum atomic E-state index is 6.14. The molecule has 0 saturated carbocycles. The first-order valence-corrected chi connectivity index (χ1v) is 6.95. The number of nitrogens with zero attached hydrogens (tertiary/aromatic N) is 1. The van der Waals surface area contributed by atoms with E-state index >= 15 is 0 Å². The van der Waals surface area contributed by atoms with Gasteiger partial charge in [0.05, 0.1) is 7.11 Å². The molecule has 1 fully saturated rings. The number of likely N-dealkylation sites (tertiary alicyclic amines) is 1. The third kappa shape index (κ3) is 3.85. The Balaban J connectivity index is 2.08. The van der Waals surface area contributed by atoms with Crippen molar-refractivity contribution >= 4 is 0 Å². The van der Waals surface area contributed by atoms with Crippen LogP contribution in [0.15, 0.2) is 18.2 Å². The zero-order valence-corrected chi connectivity index (χ0v) is 11.9. The molecule has 106 valence electrons. The fourth-order valence-electron chi connectivity index (χ4n) is 2.45. The Kier molecular flexibility index (Phi) is 5.05. The van der Waals surface area contributed by atoms with E-state index in [-0.39, 0.29) is 6.10 Å². The average molecular weight is 264 g/mol. The van der Waals surface area contributed by atoms with E-state index in [9.17, 15) is 0 Å². The van der Waals surface area contributed by atoms with Gasteiger partial charge in [-0.3, -0.25) is 0 Å². The molecular formula is C15H24N2O2. The maximum absolute atomic E-state index is 6.14. The lowest BCUT2D eigenvalue weighted by Crippen LogP contribution is -2.21. The zero-order valence-electron chi connectivity index (χ0n) is 11.9. The summed E-state index contributed by atoms with van der Waals surface area (Å²) in [5.74, 6) is 1.61. The van der Waals surface area contributed by atoms with Gasteiger partial charge >= 0.3 is 0 Å². The smallest absolute Gasteiger partial charge is 0.161 e. The molecule has 0 radical (unpaired) electrons. The van der Waals surface area contributed by atoms with Crippen molar-refractivity contribution < 1.29 is 9.47 Å². The summed E-state index contributed by atoms with van der Waals surface area (Å²) < 4.78 is 11.5. The molecule has 0 amide bonds. The Morgan fingerprint density at radius 2 is 2.11 bits per heavy atom. The van der Waals surface area contributed by atoms with Crippen LogP contribution in [0.5, 0.6) is 11.5 Å². The van der Waals surface area contributed by atoms with Gasteiger partial charge < -0.3 is 20.1 Å². The van der Waals surface area contributed by atoms with Crippen molar-refractivity contribution in [1.29, 1.82) is 0 Å². The van der Waals surface area contributed by atoms with Crippen molar-refractivity contribution in [3.05, 3.63) is 23.8 Å². The molecule has 1 atom stereocenters. The van der Waals surface area contributed by atoms with Gasteiger partial charge in [0.25, 0.3) is 0 Å². The van der Waals surface area contributed by atoms with Crippen LogP contribution in [0.2, 0.25) is 0 Å².